The van der Waals surface area contributed by atoms with Gasteiger partial charge in [0, 0.05) is 19.0 Å². The second-order valence-electron chi connectivity index (χ2n) is 9.08. The molecule has 9 nitrogen and oxygen atoms in total. The highest BCUT2D eigenvalue weighted by Crippen LogP contribution is 2.38. The number of nitrogens with zero attached hydrogens (tertiary/aromatic N) is 3. The number of fused-ring (bicyclic) bond motifs is 1. The fourth-order valence-corrected chi connectivity index (χ4v) is 4.72. The molecule has 0 aliphatic carbocycles. The fourth-order valence-electron chi connectivity index (χ4n) is 4.72. The number of hydrogen-bond acceptors (Lipinski definition) is 7. The number of benzene rings is 1. The second-order valence-corrected chi connectivity index (χ2v) is 9.08. The number of esters is 1. The van der Waals surface area contributed by atoms with Gasteiger partial charge in [-0.1, -0.05) is 38.1 Å². The van der Waals surface area contributed by atoms with Crippen LogP contribution in [0.15, 0.2) is 29.1 Å². The molecule has 1 fully saturated rings. The molecule has 3 heterocycles. The van der Waals surface area contributed by atoms with E-state index in [-0.39, 0.29) is 23.3 Å². The van der Waals surface area contributed by atoms with Gasteiger partial charge < -0.3 is 15.0 Å². The van der Waals surface area contributed by atoms with Crippen LogP contribution in [0.1, 0.15) is 62.1 Å². The zero-order chi connectivity index (χ0) is 24.4. The lowest BCUT2D eigenvalue weighted by atomic mass is 9.79. The number of ether oxygens (including phenoxy) is 1. The summed E-state index contributed by atoms with van der Waals surface area (Å²) in [5, 5.41) is 12.4. The average molecular weight is 464 g/mol. The first-order chi connectivity index (χ1) is 16.3. The molecule has 0 bridgehead atoms. The number of H-pyrrole nitrogens is 1. The van der Waals surface area contributed by atoms with Crippen molar-refractivity contribution < 1.29 is 14.3 Å². The topological polar surface area (TPSA) is 128 Å². The molecule has 178 valence electrons. The third-order valence-corrected chi connectivity index (χ3v) is 6.55. The van der Waals surface area contributed by atoms with E-state index in [1.54, 1.807) is 6.92 Å². The molecule has 3 unspecified atom stereocenters. The molecule has 34 heavy (non-hydrogen) atoms. The van der Waals surface area contributed by atoms with Crippen molar-refractivity contribution in [3.05, 3.63) is 51.3 Å². The van der Waals surface area contributed by atoms with Crippen LogP contribution in [-0.2, 0) is 14.3 Å². The Kier molecular flexibility index (Phi) is 6.68. The summed E-state index contributed by atoms with van der Waals surface area (Å²) in [6, 6.07) is 9.72. The Morgan fingerprint density at radius 1 is 1.29 bits per heavy atom. The maximum Gasteiger partial charge on any atom is 0.310 e. The Morgan fingerprint density at radius 3 is 2.68 bits per heavy atom. The van der Waals surface area contributed by atoms with E-state index < -0.39 is 23.3 Å². The zero-order valence-corrected chi connectivity index (χ0v) is 19.6. The minimum atomic E-state index is -1.05. The summed E-state index contributed by atoms with van der Waals surface area (Å²) in [5.74, 6) is -2.04. The molecule has 1 aromatic carbocycles. The van der Waals surface area contributed by atoms with E-state index in [0.717, 1.165) is 12.0 Å². The van der Waals surface area contributed by atoms with Crippen molar-refractivity contribution in [2.75, 3.05) is 29.9 Å². The number of nitrogens with one attached hydrogen (secondary N) is 2. The molecule has 1 saturated heterocycles. The van der Waals surface area contributed by atoms with E-state index in [2.05, 4.69) is 35.2 Å². The number of hydrogen-bond donors (Lipinski definition) is 2. The summed E-state index contributed by atoms with van der Waals surface area (Å²) in [6.45, 7) is 7.24. The molecule has 3 atom stereocenters. The number of aromatic amines is 1. The average Bonchev–Trinajstić information content (AvgIpc) is 2.83. The van der Waals surface area contributed by atoms with Crippen molar-refractivity contribution in [2.24, 2.45) is 11.8 Å². The van der Waals surface area contributed by atoms with Crippen LogP contribution in [0.2, 0.25) is 0 Å². The van der Waals surface area contributed by atoms with Gasteiger partial charge in [-0.25, -0.2) is 0 Å². The maximum absolute atomic E-state index is 13.3. The van der Waals surface area contributed by atoms with Gasteiger partial charge in [-0.15, -0.1) is 0 Å². The predicted octanol–water partition coefficient (Wildman–Crippen LogP) is 2.90. The smallest absolute Gasteiger partial charge is 0.310 e. The molecular formula is C25H29N5O4. The summed E-state index contributed by atoms with van der Waals surface area (Å²) in [7, 11) is 0. The van der Waals surface area contributed by atoms with Gasteiger partial charge in [0.1, 0.15) is 11.7 Å². The van der Waals surface area contributed by atoms with Crippen LogP contribution in [-0.4, -0.2) is 41.5 Å². The van der Waals surface area contributed by atoms with Crippen molar-refractivity contribution >= 4 is 23.6 Å². The Bertz CT molecular complexity index is 1180. The molecule has 1 amide bonds. The first-order valence-electron chi connectivity index (χ1n) is 11.7. The molecule has 1 aromatic heterocycles. The Morgan fingerprint density at radius 2 is 2.03 bits per heavy atom. The Labute approximate surface area is 198 Å². The molecule has 2 aliphatic rings. The van der Waals surface area contributed by atoms with E-state index in [4.69, 9.17) is 4.74 Å². The number of aromatic nitrogens is 2. The maximum atomic E-state index is 13.3. The third kappa shape index (κ3) is 4.40. The minimum absolute atomic E-state index is 0.159. The summed E-state index contributed by atoms with van der Waals surface area (Å²) in [5.41, 5.74) is 1.71. The van der Waals surface area contributed by atoms with Gasteiger partial charge in [-0.3, -0.25) is 19.4 Å². The third-order valence-electron chi connectivity index (χ3n) is 6.55. The normalized spacial score (nSPS) is 22.0. The molecular weight excluding hydrogens is 434 g/mol. The van der Waals surface area contributed by atoms with Crippen molar-refractivity contribution in [3.63, 3.8) is 0 Å². The van der Waals surface area contributed by atoms with Gasteiger partial charge in [0.25, 0.3) is 5.56 Å². The molecule has 2 N–H and O–H groups in total. The van der Waals surface area contributed by atoms with E-state index in [1.807, 2.05) is 29.2 Å². The standard InChI is InChI=1S/C25H29N5O4/c1-4-34-24(33)17-6-5-11-30(13-17)25-28-21-20(23(32)29-25)19(18(12-26)22(31)27-21)16-9-7-15(8-10-16)14(2)3/h7-10,14,17-19H,4-6,11,13H2,1-3H3,(H2,27,28,29,31,32). The summed E-state index contributed by atoms with van der Waals surface area (Å²) in [4.78, 5) is 47.5. The van der Waals surface area contributed by atoms with Gasteiger partial charge >= 0.3 is 5.97 Å². The molecule has 4 rings (SSSR count). The second kappa shape index (κ2) is 9.67. The highest BCUT2D eigenvalue weighted by atomic mass is 16.5. The number of piperidine rings is 1. The summed E-state index contributed by atoms with van der Waals surface area (Å²) in [6.07, 6.45) is 1.46. The quantitative estimate of drug-likeness (QED) is 0.653. The molecule has 2 aliphatic heterocycles. The highest BCUT2D eigenvalue weighted by molar-refractivity contribution is 5.98. The largest absolute Gasteiger partial charge is 0.466 e. The number of carbonyl (C=O) groups is 2. The van der Waals surface area contributed by atoms with Gasteiger partial charge in [0.2, 0.25) is 11.9 Å². The van der Waals surface area contributed by atoms with Crippen LogP contribution in [0.3, 0.4) is 0 Å². The van der Waals surface area contributed by atoms with Crippen molar-refractivity contribution in [1.29, 1.82) is 5.26 Å². The lowest BCUT2D eigenvalue weighted by Gasteiger charge is -2.33. The number of nitriles is 1. The lowest BCUT2D eigenvalue weighted by Crippen LogP contribution is -2.43. The van der Waals surface area contributed by atoms with Gasteiger partial charge in [-0.05, 0) is 36.8 Å². The Hall–Kier alpha value is -3.67. The number of carbonyl (C=O) groups excluding carboxylic acids is 2. The highest BCUT2D eigenvalue weighted by Gasteiger charge is 2.40. The van der Waals surface area contributed by atoms with Crippen LogP contribution in [0.5, 0.6) is 0 Å². The van der Waals surface area contributed by atoms with E-state index in [9.17, 15) is 19.6 Å². The van der Waals surface area contributed by atoms with E-state index >= 15 is 0 Å². The molecule has 0 radical (unpaired) electrons. The number of amides is 1. The minimum Gasteiger partial charge on any atom is -0.466 e. The van der Waals surface area contributed by atoms with Crippen LogP contribution >= 0.6 is 0 Å². The van der Waals surface area contributed by atoms with Gasteiger partial charge in [0.05, 0.1) is 24.2 Å². The molecule has 0 spiro atoms. The van der Waals surface area contributed by atoms with E-state index in [0.29, 0.717) is 43.5 Å². The van der Waals surface area contributed by atoms with Crippen LogP contribution < -0.4 is 15.8 Å². The van der Waals surface area contributed by atoms with Gasteiger partial charge in [0.15, 0.2) is 0 Å². The van der Waals surface area contributed by atoms with Crippen molar-refractivity contribution in [2.45, 2.75) is 45.4 Å². The van der Waals surface area contributed by atoms with Crippen molar-refractivity contribution in [1.82, 2.24) is 9.97 Å². The SMILES string of the molecule is CCOC(=O)C1CCCN(c2nc3c(c(=O)[nH]2)C(c2ccc(C(C)C)cc2)C(C#N)C(=O)N3)C1. The van der Waals surface area contributed by atoms with Gasteiger partial charge in [-0.2, -0.15) is 10.2 Å². The van der Waals surface area contributed by atoms with Crippen LogP contribution in [0, 0.1) is 23.2 Å². The number of anilines is 2. The molecule has 2 aromatic rings. The monoisotopic (exact) mass is 463 g/mol. The first kappa shape index (κ1) is 23.5. The molecule has 0 saturated carbocycles. The summed E-state index contributed by atoms with van der Waals surface area (Å²) >= 11 is 0. The van der Waals surface area contributed by atoms with Crippen LogP contribution in [0.25, 0.3) is 0 Å². The Balaban J connectivity index is 1.71. The zero-order valence-electron chi connectivity index (χ0n) is 19.6. The lowest BCUT2D eigenvalue weighted by molar-refractivity contribution is -0.148. The summed E-state index contributed by atoms with van der Waals surface area (Å²) < 4.78 is 5.16. The first-order valence-corrected chi connectivity index (χ1v) is 11.7. The fraction of sp³-hybridized carbons (Fsp3) is 0.480. The van der Waals surface area contributed by atoms with E-state index in [1.165, 1.54) is 0 Å². The van der Waals surface area contributed by atoms with Crippen LogP contribution in [0.4, 0.5) is 11.8 Å². The predicted molar refractivity (Wildman–Crippen MR) is 127 cm³/mol. The molecule has 9 heteroatoms. The van der Waals surface area contributed by atoms with Crippen molar-refractivity contribution in [3.8, 4) is 6.07 Å². The number of rotatable bonds is 5.